The number of aromatic nitrogens is 3. The molecule has 0 aliphatic heterocycles. The molecule has 0 atom stereocenters. The zero-order valence-corrected chi connectivity index (χ0v) is 12.7. The lowest BCUT2D eigenvalue weighted by Gasteiger charge is -2.20. The third-order valence-corrected chi connectivity index (χ3v) is 3.23. The highest BCUT2D eigenvalue weighted by molar-refractivity contribution is 6.28. The summed E-state index contributed by atoms with van der Waals surface area (Å²) in [6, 6.07) is 0. The van der Waals surface area contributed by atoms with Gasteiger partial charge in [0.15, 0.2) is 0 Å². The first-order valence-corrected chi connectivity index (χ1v) is 7.47. The molecule has 19 heavy (non-hydrogen) atoms. The summed E-state index contributed by atoms with van der Waals surface area (Å²) in [5, 5.41) is 0.156. The Labute approximate surface area is 120 Å². The summed E-state index contributed by atoms with van der Waals surface area (Å²) in [6.45, 7) is 6.08. The van der Waals surface area contributed by atoms with E-state index in [1.54, 1.807) is 0 Å². The lowest BCUT2D eigenvalue weighted by atomic mass is 10.1. The molecule has 0 amide bonds. The average molecular weight is 286 g/mol. The summed E-state index contributed by atoms with van der Waals surface area (Å²) in [5.41, 5.74) is 5.59. The van der Waals surface area contributed by atoms with Gasteiger partial charge in [-0.1, -0.05) is 39.0 Å². The van der Waals surface area contributed by atoms with Crippen LogP contribution in [-0.2, 0) is 0 Å². The van der Waals surface area contributed by atoms with E-state index in [9.17, 15) is 0 Å². The molecule has 1 aromatic rings. The molecule has 0 saturated heterocycles. The number of hydrogen-bond acceptors (Lipinski definition) is 5. The molecule has 0 bridgehead atoms. The van der Waals surface area contributed by atoms with Crippen molar-refractivity contribution >= 4 is 23.5 Å². The van der Waals surface area contributed by atoms with E-state index in [2.05, 4.69) is 33.7 Å². The quantitative estimate of drug-likeness (QED) is 0.705. The van der Waals surface area contributed by atoms with Crippen LogP contribution in [0.2, 0.25) is 5.28 Å². The topological polar surface area (TPSA) is 67.9 Å². The molecule has 1 aromatic heterocycles. The second-order valence-corrected chi connectivity index (χ2v) is 4.95. The van der Waals surface area contributed by atoms with E-state index < -0.39 is 0 Å². The van der Waals surface area contributed by atoms with Crippen LogP contribution in [0.4, 0.5) is 11.9 Å². The van der Waals surface area contributed by atoms with Gasteiger partial charge >= 0.3 is 0 Å². The summed E-state index contributed by atoms with van der Waals surface area (Å²) < 4.78 is 0. The van der Waals surface area contributed by atoms with E-state index in [-0.39, 0.29) is 11.2 Å². The molecule has 6 heteroatoms. The first-order chi connectivity index (χ1) is 9.17. The molecular formula is C13H24ClN5. The van der Waals surface area contributed by atoms with E-state index >= 15 is 0 Å². The Hall–Kier alpha value is -1.10. The Morgan fingerprint density at radius 3 is 2.32 bits per heavy atom. The van der Waals surface area contributed by atoms with Gasteiger partial charge in [-0.2, -0.15) is 15.0 Å². The highest BCUT2D eigenvalue weighted by atomic mass is 35.5. The fraction of sp³-hybridized carbons (Fsp3) is 0.769. The molecule has 0 aliphatic carbocycles. The van der Waals surface area contributed by atoms with Crippen LogP contribution in [0.1, 0.15) is 52.4 Å². The Kier molecular flexibility index (Phi) is 7.48. The lowest BCUT2D eigenvalue weighted by molar-refractivity contribution is 0.597. The summed E-state index contributed by atoms with van der Waals surface area (Å²) in [6.07, 6.45) is 7.62. The van der Waals surface area contributed by atoms with Crippen molar-refractivity contribution in [3.05, 3.63) is 5.28 Å². The van der Waals surface area contributed by atoms with E-state index in [0.717, 1.165) is 19.5 Å². The van der Waals surface area contributed by atoms with Crippen LogP contribution in [0.3, 0.4) is 0 Å². The van der Waals surface area contributed by atoms with E-state index in [4.69, 9.17) is 17.3 Å². The molecule has 1 rings (SSSR count). The summed E-state index contributed by atoms with van der Waals surface area (Å²) >= 11 is 5.80. The molecule has 1 heterocycles. The minimum Gasteiger partial charge on any atom is -0.368 e. The number of anilines is 2. The van der Waals surface area contributed by atoms with Gasteiger partial charge in [0, 0.05) is 13.1 Å². The predicted octanol–water partition coefficient (Wildman–Crippen LogP) is 3.29. The number of nitrogens with zero attached hydrogens (tertiary/aromatic N) is 4. The Morgan fingerprint density at radius 1 is 1.00 bits per heavy atom. The Bertz CT molecular complexity index is 352. The van der Waals surface area contributed by atoms with Gasteiger partial charge in [0.2, 0.25) is 17.2 Å². The van der Waals surface area contributed by atoms with Crippen LogP contribution in [0.5, 0.6) is 0 Å². The third-order valence-electron chi connectivity index (χ3n) is 3.06. The second kappa shape index (κ2) is 8.91. The Balaban J connectivity index is 2.40. The van der Waals surface area contributed by atoms with Crippen LogP contribution >= 0.6 is 11.6 Å². The number of halogens is 1. The zero-order chi connectivity index (χ0) is 14.1. The molecular weight excluding hydrogens is 262 g/mol. The summed E-state index contributed by atoms with van der Waals surface area (Å²) in [7, 11) is 0. The fourth-order valence-corrected chi connectivity index (χ4v) is 2.14. The van der Waals surface area contributed by atoms with Crippen LogP contribution in [0.15, 0.2) is 0 Å². The molecule has 0 saturated carbocycles. The Morgan fingerprint density at radius 2 is 1.68 bits per heavy atom. The maximum Gasteiger partial charge on any atom is 0.231 e. The van der Waals surface area contributed by atoms with Crippen molar-refractivity contribution in [2.45, 2.75) is 52.4 Å². The van der Waals surface area contributed by atoms with Gasteiger partial charge in [-0.05, 0) is 24.9 Å². The molecule has 0 unspecified atom stereocenters. The molecule has 0 aliphatic rings. The number of nitrogens with two attached hydrogens (primary N) is 1. The molecule has 2 N–H and O–H groups in total. The highest BCUT2D eigenvalue weighted by Crippen LogP contribution is 2.13. The number of nitrogen functional groups attached to an aromatic ring is 1. The van der Waals surface area contributed by atoms with Gasteiger partial charge in [0.05, 0.1) is 0 Å². The predicted molar refractivity (Wildman–Crippen MR) is 80.5 cm³/mol. The van der Waals surface area contributed by atoms with E-state index in [1.807, 2.05) is 0 Å². The minimum absolute atomic E-state index is 0.156. The van der Waals surface area contributed by atoms with Crippen molar-refractivity contribution < 1.29 is 0 Å². The van der Waals surface area contributed by atoms with Crippen LogP contribution in [-0.4, -0.2) is 28.0 Å². The first kappa shape index (κ1) is 16.0. The fourth-order valence-electron chi connectivity index (χ4n) is 1.98. The molecule has 0 spiro atoms. The zero-order valence-electron chi connectivity index (χ0n) is 11.9. The van der Waals surface area contributed by atoms with Gasteiger partial charge in [-0.15, -0.1) is 0 Å². The maximum absolute atomic E-state index is 5.80. The molecule has 108 valence electrons. The number of rotatable bonds is 9. The van der Waals surface area contributed by atoms with Crippen LogP contribution in [0, 0.1) is 0 Å². The van der Waals surface area contributed by atoms with Crippen molar-refractivity contribution in [2.24, 2.45) is 0 Å². The average Bonchev–Trinajstić information content (AvgIpc) is 2.37. The normalized spacial score (nSPS) is 10.7. The van der Waals surface area contributed by atoms with E-state index in [0.29, 0.717) is 5.95 Å². The molecule has 0 fully saturated rings. The van der Waals surface area contributed by atoms with Gasteiger partial charge in [-0.3, -0.25) is 0 Å². The van der Waals surface area contributed by atoms with Gasteiger partial charge < -0.3 is 10.6 Å². The SMILES string of the molecule is CCCCCCCCN(CC)c1nc(N)nc(Cl)n1. The van der Waals surface area contributed by atoms with Crippen molar-refractivity contribution in [1.82, 2.24) is 15.0 Å². The van der Waals surface area contributed by atoms with Crippen molar-refractivity contribution in [2.75, 3.05) is 23.7 Å². The first-order valence-electron chi connectivity index (χ1n) is 7.09. The molecule has 0 radical (unpaired) electrons. The van der Waals surface area contributed by atoms with Crippen molar-refractivity contribution in [1.29, 1.82) is 0 Å². The summed E-state index contributed by atoms with van der Waals surface area (Å²) in [5.74, 6) is 0.755. The third kappa shape index (κ3) is 6.05. The number of hydrogen-bond donors (Lipinski definition) is 1. The van der Waals surface area contributed by atoms with Crippen molar-refractivity contribution in [3.63, 3.8) is 0 Å². The number of unbranched alkanes of at least 4 members (excludes halogenated alkanes) is 5. The maximum atomic E-state index is 5.80. The van der Waals surface area contributed by atoms with Crippen molar-refractivity contribution in [3.8, 4) is 0 Å². The largest absolute Gasteiger partial charge is 0.368 e. The highest BCUT2D eigenvalue weighted by Gasteiger charge is 2.09. The van der Waals surface area contributed by atoms with Crippen LogP contribution < -0.4 is 10.6 Å². The monoisotopic (exact) mass is 285 g/mol. The van der Waals surface area contributed by atoms with Gasteiger partial charge in [0.1, 0.15) is 0 Å². The minimum atomic E-state index is 0.156. The van der Waals surface area contributed by atoms with E-state index in [1.165, 1.54) is 32.1 Å². The lowest BCUT2D eigenvalue weighted by Crippen LogP contribution is -2.26. The smallest absolute Gasteiger partial charge is 0.231 e. The molecule has 0 aromatic carbocycles. The molecule has 5 nitrogen and oxygen atoms in total. The van der Waals surface area contributed by atoms with Crippen LogP contribution in [0.25, 0.3) is 0 Å². The van der Waals surface area contributed by atoms with Gasteiger partial charge in [-0.25, -0.2) is 0 Å². The van der Waals surface area contributed by atoms with Gasteiger partial charge in [0.25, 0.3) is 0 Å². The second-order valence-electron chi connectivity index (χ2n) is 4.61. The summed E-state index contributed by atoms with van der Waals surface area (Å²) in [4.78, 5) is 14.1. The standard InChI is InChI=1S/C13H24ClN5/c1-3-5-6-7-8-9-10-19(4-2)13-17-11(14)16-12(15)18-13/h3-10H2,1-2H3,(H2,15,16,17,18).